The van der Waals surface area contributed by atoms with Crippen LogP contribution in [0.5, 0.6) is 5.75 Å². The standard InChI is InChI=1S/C24H25N3O3/c1-3-12-26-14-21(28)27-20(24(26)29)13-18-17-6-4-5-7-19(17)25-22(18)23(27)15-8-10-16(30-2)11-9-15/h4-11,20,23,25H,3,12-14H2,1-2H3. The summed E-state index contributed by atoms with van der Waals surface area (Å²) in [6, 6.07) is 15.1. The van der Waals surface area contributed by atoms with Gasteiger partial charge in [-0.25, -0.2) is 0 Å². The smallest absolute Gasteiger partial charge is 0.246 e. The summed E-state index contributed by atoms with van der Waals surface area (Å²) < 4.78 is 5.31. The lowest BCUT2D eigenvalue weighted by molar-refractivity contribution is -0.158. The average Bonchev–Trinajstić information content (AvgIpc) is 3.14. The van der Waals surface area contributed by atoms with Crippen molar-refractivity contribution in [1.82, 2.24) is 14.8 Å². The molecule has 1 N–H and O–H groups in total. The molecule has 1 saturated heterocycles. The van der Waals surface area contributed by atoms with E-state index in [1.165, 1.54) is 0 Å². The Morgan fingerprint density at radius 3 is 2.60 bits per heavy atom. The van der Waals surface area contributed by atoms with Crippen molar-refractivity contribution >= 4 is 22.7 Å². The number of amides is 2. The van der Waals surface area contributed by atoms with Gasteiger partial charge in [0.2, 0.25) is 11.8 Å². The minimum atomic E-state index is -0.475. The molecule has 0 bridgehead atoms. The van der Waals surface area contributed by atoms with Crippen LogP contribution in [0.2, 0.25) is 0 Å². The minimum Gasteiger partial charge on any atom is -0.497 e. The van der Waals surface area contributed by atoms with Gasteiger partial charge >= 0.3 is 0 Å². The molecule has 2 unspecified atom stereocenters. The fourth-order valence-electron chi connectivity index (χ4n) is 4.92. The molecular weight excluding hydrogens is 378 g/mol. The highest BCUT2D eigenvalue weighted by atomic mass is 16.5. The number of benzene rings is 2. The summed E-state index contributed by atoms with van der Waals surface area (Å²) in [6.45, 7) is 2.79. The van der Waals surface area contributed by atoms with Crippen LogP contribution in [0.1, 0.15) is 36.2 Å². The van der Waals surface area contributed by atoms with E-state index in [0.717, 1.165) is 39.9 Å². The highest BCUT2D eigenvalue weighted by Crippen LogP contribution is 2.42. The Morgan fingerprint density at radius 1 is 1.10 bits per heavy atom. The summed E-state index contributed by atoms with van der Waals surface area (Å²) in [5, 5.41) is 1.12. The number of rotatable bonds is 4. The first kappa shape index (κ1) is 18.7. The number of hydrogen-bond donors (Lipinski definition) is 1. The van der Waals surface area contributed by atoms with Crippen LogP contribution in [-0.2, 0) is 16.0 Å². The molecular formula is C24H25N3O3. The molecule has 1 fully saturated rings. The average molecular weight is 403 g/mol. The SMILES string of the molecule is CCCN1CC(=O)N2C(Cc3c([nH]c4ccccc34)C2c2ccc(OC)cc2)C1=O. The normalized spacial score (nSPS) is 21.0. The Morgan fingerprint density at radius 2 is 1.87 bits per heavy atom. The molecule has 2 aliphatic rings. The molecule has 1 aromatic heterocycles. The number of hydrogen-bond acceptors (Lipinski definition) is 3. The number of aromatic amines is 1. The number of nitrogens with zero attached hydrogens (tertiary/aromatic N) is 2. The van der Waals surface area contributed by atoms with E-state index in [-0.39, 0.29) is 24.4 Å². The Hall–Kier alpha value is -3.28. The topological polar surface area (TPSA) is 65.6 Å². The van der Waals surface area contributed by atoms with E-state index in [2.05, 4.69) is 11.1 Å². The Kier molecular flexibility index (Phi) is 4.50. The molecule has 2 aromatic carbocycles. The number of methoxy groups -OCH3 is 1. The number of nitrogens with one attached hydrogen (secondary N) is 1. The van der Waals surface area contributed by atoms with Crippen LogP contribution < -0.4 is 4.74 Å². The largest absolute Gasteiger partial charge is 0.497 e. The number of carbonyl (C=O) groups is 2. The predicted molar refractivity (Wildman–Crippen MR) is 114 cm³/mol. The van der Waals surface area contributed by atoms with E-state index in [1.807, 2.05) is 49.4 Å². The summed E-state index contributed by atoms with van der Waals surface area (Å²) in [6.07, 6.45) is 1.38. The Bertz CT molecular complexity index is 1120. The number of aromatic nitrogens is 1. The van der Waals surface area contributed by atoms with Crippen molar-refractivity contribution in [3.8, 4) is 5.75 Å². The van der Waals surface area contributed by atoms with Crippen LogP contribution >= 0.6 is 0 Å². The van der Waals surface area contributed by atoms with E-state index in [0.29, 0.717) is 13.0 Å². The van der Waals surface area contributed by atoms with Crippen LogP contribution in [0, 0.1) is 0 Å². The zero-order valence-corrected chi connectivity index (χ0v) is 17.2. The van der Waals surface area contributed by atoms with Gasteiger partial charge in [0, 0.05) is 29.6 Å². The maximum atomic E-state index is 13.3. The van der Waals surface area contributed by atoms with Crippen molar-refractivity contribution in [3.05, 3.63) is 65.4 Å². The monoisotopic (exact) mass is 403 g/mol. The van der Waals surface area contributed by atoms with E-state index >= 15 is 0 Å². The third kappa shape index (κ3) is 2.78. The second-order valence-corrected chi connectivity index (χ2v) is 8.02. The van der Waals surface area contributed by atoms with Crippen LogP contribution in [0.3, 0.4) is 0 Å². The molecule has 2 amide bonds. The van der Waals surface area contributed by atoms with Crippen LogP contribution in [-0.4, -0.2) is 52.8 Å². The second-order valence-electron chi connectivity index (χ2n) is 8.02. The van der Waals surface area contributed by atoms with Crippen molar-refractivity contribution in [1.29, 1.82) is 0 Å². The van der Waals surface area contributed by atoms with Gasteiger partial charge in [-0.2, -0.15) is 0 Å². The first-order valence-corrected chi connectivity index (χ1v) is 10.5. The summed E-state index contributed by atoms with van der Waals surface area (Å²) in [5.74, 6) is 0.808. The van der Waals surface area contributed by atoms with Crippen molar-refractivity contribution in [2.75, 3.05) is 20.2 Å². The van der Waals surface area contributed by atoms with E-state index < -0.39 is 6.04 Å². The number of fused-ring (bicyclic) bond motifs is 4. The van der Waals surface area contributed by atoms with Gasteiger partial charge in [0.1, 0.15) is 11.8 Å². The fourth-order valence-corrected chi connectivity index (χ4v) is 4.92. The molecule has 5 rings (SSSR count). The van der Waals surface area contributed by atoms with Gasteiger partial charge < -0.3 is 19.5 Å². The molecule has 2 aliphatic heterocycles. The summed E-state index contributed by atoms with van der Waals surface area (Å²) >= 11 is 0. The highest BCUT2D eigenvalue weighted by molar-refractivity contribution is 5.97. The molecule has 3 aromatic rings. The number of H-pyrrole nitrogens is 1. The molecule has 0 aliphatic carbocycles. The van der Waals surface area contributed by atoms with Crippen LogP contribution in [0.15, 0.2) is 48.5 Å². The summed E-state index contributed by atoms with van der Waals surface area (Å²) in [5.41, 5.74) is 4.14. The van der Waals surface area contributed by atoms with Crippen LogP contribution in [0.4, 0.5) is 0 Å². The molecule has 0 radical (unpaired) electrons. The van der Waals surface area contributed by atoms with Crippen molar-refractivity contribution in [2.45, 2.75) is 31.8 Å². The van der Waals surface area contributed by atoms with Crippen LogP contribution in [0.25, 0.3) is 10.9 Å². The first-order valence-electron chi connectivity index (χ1n) is 10.5. The number of carbonyl (C=O) groups excluding carboxylic acids is 2. The fraction of sp³-hybridized carbons (Fsp3) is 0.333. The van der Waals surface area contributed by atoms with Crippen molar-refractivity contribution < 1.29 is 14.3 Å². The van der Waals surface area contributed by atoms with Gasteiger partial charge in [-0.05, 0) is 35.7 Å². The van der Waals surface area contributed by atoms with Gasteiger partial charge in [0.25, 0.3) is 0 Å². The van der Waals surface area contributed by atoms with Gasteiger partial charge in [-0.15, -0.1) is 0 Å². The lowest BCUT2D eigenvalue weighted by Gasteiger charge is -2.47. The molecule has 3 heterocycles. The zero-order valence-electron chi connectivity index (χ0n) is 17.2. The zero-order chi connectivity index (χ0) is 20.8. The molecule has 6 heteroatoms. The van der Waals surface area contributed by atoms with Crippen molar-refractivity contribution in [2.24, 2.45) is 0 Å². The Labute approximate surface area is 175 Å². The predicted octanol–water partition coefficient (Wildman–Crippen LogP) is 3.27. The van der Waals surface area contributed by atoms with Crippen molar-refractivity contribution in [3.63, 3.8) is 0 Å². The lowest BCUT2D eigenvalue weighted by atomic mass is 9.86. The number of para-hydroxylation sites is 1. The van der Waals surface area contributed by atoms with Gasteiger partial charge in [0.15, 0.2) is 0 Å². The number of piperazine rings is 1. The van der Waals surface area contributed by atoms with E-state index in [4.69, 9.17) is 4.74 Å². The molecule has 0 spiro atoms. The van der Waals surface area contributed by atoms with Gasteiger partial charge in [-0.3, -0.25) is 9.59 Å². The Balaban J connectivity index is 1.68. The van der Waals surface area contributed by atoms with E-state index in [9.17, 15) is 9.59 Å². The third-order valence-electron chi connectivity index (χ3n) is 6.27. The van der Waals surface area contributed by atoms with Gasteiger partial charge in [-0.1, -0.05) is 37.3 Å². The number of ether oxygens (including phenoxy) is 1. The van der Waals surface area contributed by atoms with E-state index in [1.54, 1.807) is 16.9 Å². The second kappa shape index (κ2) is 7.20. The molecule has 0 saturated carbocycles. The lowest BCUT2D eigenvalue weighted by Crippen LogP contribution is -2.63. The molecule has 6 nitrogen and oxygen atoms in total. The molecule has 2 atom stereocenters. The maximum absolute atomic E-state index is 13.3. The first-order chi connectivity index (χ1) is 14.6. The van der Waals surface area contributed by atoms with Gasteiger partial charge in [0.05, 0.1) is 19.7 Å². The maximum Gasteiger partial charge on any atom is 0.246 e. The minimum absolute atomic E-state index is 0.00169. The third-order valence-corrected chi connectivity index (χ3v) is 6.27. The summed E-state index contributed by atoms with van der Waals surface area (Å²) in [4.78, 5) is 33.7. The molecule has 154 valence electrons. The summed E-state index contributed by atoms with van der Waals surface area (Å²) in [7, 11) is 1.64. The molecule has 30 heavy (non-hydrogen) atoms. The quantitative estimate of drug-likeness (QED) is 0.727. The highest BCUT2D eigenvalue weighted by Gasteiger charge is 2.47.